The maximum absolute atomic E-state index is 5.41. The van der Waals surface area contributed by atoms with Gasteiger partial charge in [-0.1, -0.05) is 5.16 Å². The van der Waals surface area contributed by atoms with Crippen LogP contribution < -0.4 is 5.73 Å². The Bertz CT molecular complexity index is 628. The molecule has 0 amide bonds. The molecule has 3 aromatic rings. The van der Waals surface area contributed by atoms with E-state index in [2.05, 4.69) is 20.3 Å². The fourth-order valence-electron chi connectivity index (χ4n) is 1.55. The maximum atomic E-state index is 5.41. The first kappa shape index (κ1) is 10.6. The zero-order chi connectivity index (χ0) is 12.4. The summed E-state index contributed by atoms with van der Waals surface area (Å²) in [5.74, 6) is 0.943. The molecule has 0 atom stereocenters. The van der Waals surface area contributed by atoms with Crippen molar-refractivity contribution >= 4 is 0 Å². The van der Waals surface area contributed by atoms with E-state index >= 15 is 0 Å². The fraction of sp³-hybridized carbons (Fsp3) is 0.0909. The zero-order valence-corrected chi connectivity index (χ0v) is 9.39. The van der Waals surface area contributed by atoms with Crippen LogP contribution in [0.4, 0.5) is 0 Å². The highest BCUT2D eigenvalue weighted by atomic mass is 16.5. The van der Waals surface area contributed by atoms with Gasteiger partial charge in [0.25, 0.3) is 0 Å². The van der Waals surface area contributed by atoms with Crippen LogP contribution in [0.3, 0.4) is 0 Å². The average molecular weight is 242 g/mol. The van der Waals surface area contributed by atoms with Gasteiger partial charge in [0.1, 0.15) is 0 Å². The summed E-state index contributed by atoms with van der Waals surface area (Å²) < 4.78 is 4.95. The lowest BCUT2D eigenvalue weighted by atomic mass is 10.2. The Balaban J connectivity index is 1.91. The van der Waals surface area contributed by atoms with Gasteiger partial charge in [-0.25, -0.2) is 0 Å². The number of aromatic nitrogens is 5. The Kier molecular flexibility index (Phi) is 2.58. The van der Waals surface area contributed by atoms with E-state index in [9.17, 15) is 0 Å². The van der Waals surface area contributed by atoms with Gasteiger partial charge >= 0.3 is 0 Å². The Morgan fingerprint density at radius 3 is 2.44 bits per heavy atom. The van der Waals surface area contributed by atoms with Gasteiger partial charge in [0, 0.05) is 5.56 Å². The van der Waals surface area contributed by atoms with Gasteiger partial charge in [-0.15, -0.1) is 0 Å². The van der Waals surface area contributed by atoms with Crippen LogP contribution in [-0.4, -0.2) is 25.1 Å². The zero-order valence-electron chi connectivity index (χ0n) is 9.39. The number of nitrogens with zero attached hydrogens (tertiary/aromatic N) is 5. The summed E-state index contributed by atoms with van der Waals surface area (Å²) in [6.45, 7) is 0.238. The van der Waals surface area contributed by atoms with Gasteiger partial charge in [0.05, 0.1) is 24.6 Å². The summed E-state index contributed by atoms with van der Waals surface area (Å²) in [4.78, 5) is 5.68. The fourth-order valence-corrected chi connectivity index (χ4v) is 1.55. The van der Waals surface area contributed by atoms with Gasteiger partial charge in [0.15, 0.2) is 0 Å². The molecule has 0 aliphatic heterocycles. The standard InChI is InChI=1S/C11H10N6O/c12-7-10-15-11(16-18-10)8-1-3-9(4-2-8)17-13-5-6-14-17/h1-6H,7,12H2. The summed E-state index contributed by atoms with van der Waals surface area (Å²) in [5, 5.41) is 11.9. The van der Waals surface area contributed by atoms with Crippen molar-refractivity contribution in [1.82, 2.24) is 25.1 Å². The maximum Gasteiger partial charge on any atom is 0.240 e. The van der Waals surface area contributed by atoms with E-state index < -0.39 is 0 Å². The second kappa shape index (κ2) is 4.38. The van der Waals surface area contributed by atoms with Gasteiger partial charge in [-0.3, -0.25) is 0 Å². The topological polar surface area (TPSA) is 95.7 Å². The molecule has 0 fully saturated rings. The van der Waals surface area contributed by atoms with Crippen molar-refractivity contribution in [2.45, 2.75) is 6.54 Å². The van der Waals surface area contributed by atoms with Crippen LogP contribution >= 0.6 is 0 Å². The van der Waals surface area contributed by atoms with Crippen LogP contribution in [0.15, 0.2) is 41.2 Å². The molecule has 3 rings (SSSR count). The van der Waals surface area contributed by atoms with Crippen LogP contribution in [0.5, 0.6) is 0 Å². The highest BCUT2D eigenvalue weighted by Crippen LogP contribution is 2.17. The van der Waals surface area contributed by atoms with Crippen LogP contribution in [-0.2, 0) is 6.54 Å². The summed E-state index contributed by atoms with van der Waals surface area (Å²) >= 11 is 0. The number of rotatable bonds is 3. The molecule has 0 bridgehead atoms. The van der Waals surface area contributed by atoms with Gasteiger partial charge in [0.2, 0.25) is 11.7 Å². The molecule has 1 aromatic carbocycles. The molecule has 7 heteroatoms. The monoisotopic (exact) mass is 242 g/mol. The van der Waals surface area contributed by atoms with E-state index in [0.717, 1.165) is 11.3 Å². The van der Waals surface area contributed by atoms with Crippen LogP contribution in [0, 0.1) is 0 Å². The number of nitrogens with two attached hydrogens (primary N) is 1. The minimum atomic E-state index is 0.238. The average Bonchev–Trinajstić information content (AvgIpc) is 3.10. The Labute approximate surface area is 102 Å². The second-order valence-electron chi connectivity index (χ2n) is 3.58. The summed E-state index contributed by atoms with van der Waals surface area (Å²) in [7, 11) is 0. The predicted octanol–water partition coefficient (Wildman–Crippen LogP) is 0.776. The number of hydrogen-bond acceptors (Lipinski definition) is 6. The van der Waals surface area contributed by atoms with E-state index in [0.29, 0.717) is 11.7 Å². The van der Waals surface area contributed by atoms with E-state index in [1.54, 1.807) is 12.4 Å². The number of hydrogen-bond donors (Lipinski definition) is 1. The Morgan fingerprint density at radius 2 is 1.83 bits per heavy atom. The second-order valence-corrected chi connectivity index (χ2v) is 3.58. The molecule has 0 aliphatic carbocycles. The SMILES string of the molecule is NCc1nc(-c2ccc(-n3nccn3)cc2)no1. The van der Waals surface area contributed by atoms with Gasteiger partial charge < -0.3 is 10.3 Å². The third kappa shape index (κ3) is 1.87. The molecule has 90 valence electrons. The van der Waals surface area contributed by atoms with Crippen molar-refractivity contribution < 1.29 is 4.52 Å². The number of benzene rings is 1. The molecular formula is C11H10N6O. The minimum Gasteiger partial charge on any atom is -0.338 e. The summed E-state index contributed by atoms with van der Waals surface area (Å²) in [6, 6.07) is 7.52. The summed E-state index contributed by atoms with van der Waals surface area (Å²) in [6.07, 6.45) is 3.25. The highest BCUT2D eigenvalue weighted by Gasteiger charge is 2.07. The molecule has 0 aliphatic rings. The first-order chi connectivity index (χ1) is 8.86. The highest BCUT2D eigenvalue weighted by molar-refractivity contribution is 5.56. The normalized spacial score (nSPS) is 10.7. The molecular weight excluding hydrogens is 232 g/mol. The lowest BCUT2D eigenvalue weighted by Gasteiger charge is -1.99. The smallest absolute Gasteiger partial charge is 0.240 e. The molecule has 0 spiro atoms. The first-order valence-electron chi connectivity index (χ1n) is 5.36. The lowest BCUT2D eigenvalue weighted by molar-refractivity contribution is 0.380. The van der Waals surface area contributed by atoms with E-state index in [4.69, 9.17) is 10.3 Å². The Morgan fingerprint density at radius 1 is 1.11 bits per heavy atom. The molecule has 18 heavy (non-hydrogen) atoms. The van der Waals surface area contributed by atoms with Crippen LogP contribution in [0.1, 0.15) is 5.89 Å². The van der Waals surface area contributed by atoms with Crippen molar-refractivity contribution in [1.29, 1.82) is 0 Å². The van der Waals surface area contributed by atoms with Crippen molar-refractivity contribution in [2.24, 2.45) is 5.73 Å². The van der Waals surface area contributed by atoms with E-state index in [1.165, 1.54) is 4.80 Å². The van der Waals surface area contributed by atoms with Crippen molar-refractivity contribution in [3.05, 3.63) is 42.5 Å². The van der Waals surface area contributed by atoms with Crippen LogP contribution in [0.25, 0.3) is 17.1 Å². The molecule has 0 unspecified atom stereocenters. The Hall–Kier alpha value is -2.54. The third-order valence-corrected chi connectivity index (χ3v) is 2.42. The molecule has 2 aromatic heterocycles. The van der Waals surface area contributed by atoms with Gasteiger partial charge in [-0.05, 0) is 24.3 Å². The molecule has 0 radical (unpaired) electrons. The largest absolute Gasteiger partial charge is 0.338 e. The molecule has 2 N–H and O–H groups in total. The lowest BCUT2D eigenvalue weighted by Crippen LogP contribution is -1.98. The van der Waals surface area contributed by atoms with E-state index in [1.807, 2.05) is 24.3 Å². The molecule has 7 nitrogen and oxygen atoms in total. The van der Waals surface area contributed by atoms with Crippen molar-refractivity contribution in [2.75, 3.05) is 0 Å². The van der Waals surface area contributed by atoms with Crippen LogP contribution in [0.2, 0.25) is 0 Å². The molecule has 0 saturated carbocycles. The summed E-state index contributed by atoms with van der Waals surface area (Å²) in [5.41, 5.74) is 7.14. The molecule has 2 heterocycles. The minimum absolute atomic E-state index is 0.238. The quantitative estimate of drug-likeness (QED) is 0.729. The third-order valence-electron chi connectivity index (χ3n) is 2.42. The van der Waals surface area contributed by atoms with Crippen molar-refractivity contribution in [3.8, 4) is 17.1 Å². The first-order valence-corrected chi connectivity index (χ1v) is 5.36. The van der Waals surface area contributed by atoms with Gasteiger partial charge in [-0.2, -0.15) is 20.0 Å². The molecule has 0 saturated heterocycles. The van der Waals surface area contributed by atoms with Crippen molar-refractivity contribution in [3.63, 3.8) is 0 Å². The predicted molar refractivity (Wildman–Crippen MR) is 62.5 cm³/mol. The van der Waals surface area contributed by atoms with E-state index in [-0.39, 0.29) is 6.54 Å².